The number of fused-ring (bicyclic) bond motifs is 1. The molecule has 0 bridgehead atoms. The Hall–Kier alpha value is -0.530. The number of carbonyl (C=O) groups is 1. The van der Waals surface area contributed by atoms with Crippen molar-refractivity contribution in [2.75, 3.05) is 6.54 Å². The summed E-state index contributed by atoms with van der Waals surface area (Å²) in [4.78, 5) is 11.3. The highest BCUT2D eigenvalue weighted by Gasteiger charge is 2.33. The van der Waals surface area contributed by atoms with E-state index in [0.29, 0.717) is 11.8 Å². The second-order valence-electron chi connectivity index (χ2n) is 3.73. The van der Waals surface area contributed by atoms with E-state index < -0.39 is 0 Å². The van der Waals surface area contributed by atoms with Crippen LogP contribution in [0.3, 0.4) is 0 Å². The van der Waals surface area contributed by atoms with Crippen molar-refractivity contribution in [3.8, 4) is 0 Å². The van der Waals surface area contributed by atoms with E-state index in [4.69, 9.17) is 0 Å². The van der Waals surface area contributed by atoms with Crippen LogP contribution in [-0.2, 0) is 4.79 Å². The van der Waals surface area contributed by atoms with Crippen LogP contribution in [-0.4, -0.2) is 12.5 Å². The summed E-state index contributed by atoms with van der Waals surface area (Å²) in [7, 11) is 0. The molecule has 0 aromatic rings. The second kappa shape index (κ2) is 2.84. The van der Waals surface area contributed by atoms with Crippen LogP contribution in [0.1, 0.15) is 32.1 Å². The van der Waals surface area contributed by atoms with E-state index in [2.05, 4.69) is 5.32 Å². The van der Waals surface area contributed by atoms with Crippen LogP contribution in [0.5, 0.6) is 0 Å². The second-order valence-corrected chi connectivity index (χ2v) is 3.73. The van der Waals surface area contributed by atoms with Gasteiger partial charge in [-0.3, -0.25) is 4.79 Å². The van der Waals surface area contributed by atoms with Crippen molar-refractivity contribution >= 4 is 5.91 Å². The lowest BCUT2D eigenvalue weighted by Crippen LogP contribution is -2.43. The van der Waals surface area contributed by atoms with Crippen LogP contribution < -0.4 is 5.32 Å². The first-order valence-electron chi connectivity index (χ1n) is 4.65. The van der Waals surface area contributed by atoms with Crippen molar-refractivity contribution in [3.63, 3.8) is 0 Å². The van der Waals surface area contributed by atoms with Crippen LogP contribution in [0, 0.1) is 11.8 Å². The molecule has 1 aliphatic carbocycles. The molecule has 2 heteroatoms. The van der Waals surface area contributed by atoms with Gasteiger partial charge in [0.2, 0.25) is 5.91 Å². The van der Waals surface area contributed by atoms with Crippen LogP contribution >= 0.6 is 0 Å². The van der Waals surface area contributed by atoms with Gasteiger partial charge in [-0.2, -0.15) is 0 Å². The summed E-state index contributed by atoms with van der Waals surface area (Å²) < 4.78 is 0. The van der Waals surface area contributed by atoms with Gasteiger partial charge < -0.3 is 5.32 Å². The molecular formula is C9H15NO. The molecule has 0 aromatic heterocycles. The Morgan fingerprint density at radius 3 is 2.82 bits per heavy atom. The third-order valence-electron chi connectivity index (χ3n) is 3.06. The number of nitrogens with one attached hydrogen (secondary N) is 1. The van der Waals surface area contributed by atoms with Crippen molar-refractivity contribution in [2.45, 2.75) is 32.1 Å². The molecule has 2 nitrogen and oxygen atoms in total. The number of hydrogen-bond acceptors (Lipinski definition) is 1. The lowest BCUT2D eigenvalue weighted by atomic mass is 9.75. The molecule has 1 N–H and O–H groups in total. The molecule has 0 spiro atoms. The number of hydrogen-bond donors (Lipinski definition) is 1. The molecule has 1 aliphatic heterocycles. The van der Waals surface area contributed by atoms with E-state index in [1.54, 1.807) is 0 Å². The summed E-state index contributed by atoms with van der Waals surface area (Å²) in [6, 6.07) is 0. The molecule has 2 fully saturated rings. The van der Waals surface area contributed by atoms with Gasteiger partial charge in [-0.05, 0) is 25.2 Å². The molecule has 0 unspecified atom stereocenters. The van der Waals surface area contributed by atoms with Gasteiger partial charge >= 0.3 is 0 Å². The predicted octanol–water partition coefficient (Wildman–Crippen LogP) is 1.31. The molecule has 0 radical (unpaired) electrons. The maximum Gasteiger partial charge on any atom is 0.223 e. The van der Waals surface area contributed by atoms with Gasteiger partial charge in [0.1, 0.15) is 0 Å². The molecule has 1 heterocycles. The molecule has 0 aromatic carbocycles. The lowest BCUT2D eigenvalue weighted by molar-refractivity contribution is -0.130. The van der Waals surface area contributed by atoms with Crippen molar-refractivity contribution in [3.05, 3.63) is 0 Å². The molecule has 1 amide bonds. The van der Waals surface area contributed by atoms with E-state index in [1.165, 1.54) is 25.7 Å². The highest BCUT2D eigenvalue weighted by Crippen LogP contribution is 2.33. The standard InChI is InChI=1S/C9H15NO/c11-9-8-4-2-1-3-7(8)5-6-10-9/h7-8H,1-6H2,(H,10,11)/t7-,8-/m0/s1. The summed E-state index contributed by atoms with van der Waals surface area (Å²) in [5.41, 5.74) is 0. The minimum absolute atomic E-state index is 0.320. The maximum absolute atomic E-state index is 11.3. The Bertz CT molecular complexity index is 165. The highest BCUT2D eigenvalue weighted by atomic mass is 16.1. The summed E-state index contributed by atoms with van der Waals surface area (Å²) in [5.74, 6) is 1.41. The van der Waals surface area contributed by atoms with Gasteiger partial charge in [0.15, 0.2) is 0 Å². The zero-order valence-corrected chi connectivity index (χ0v) is 6.81. The zero-order valence-electron chi connectivity index (χ0n) is 6.81. The lowest BCUT2D eigenvalue weighted by Gasteiger charge is -2.34. The zero-order chi connectivity index (χ0) is 7.68. The average molecular weight is 153 g/mol. The third-order valence-corrected chi connectivity index (χ3v) is 3.06. The first-order chi connectivity index (χ1) is 5.38. The molecule has 1 saturated carbocycles. The Kier molecular flexibility index (Phi) is 1.84. The van der Waals surface area contributed by atoms with E-state index >= 15 is 0 Å². The van der Waals surface area contributed by atoms with Gasteiger partial charge in [-0.25, -0.2) is 0 Å². The summed E-state index contributed by atoms with van der Waals surface area (Å²) in [5, 5.41) is 2.94. The van der Waals surface area contributed by atoms with E-state index in [9.17, 15) is 4.79 Å². The molecule has 2 aliphatic rings. The smallest absolute Gasteiger partial charge is 0.223 e. The minimum atomic E-state index is 0.320. The van der Waals surface area contributed by atoms with Crippen LogP contribution in [0.4, 0.5) is 0 Å². The first kappa shape index (κ1) is 7.14. The fraction of sp³-hybridized carbons (Fsp3) is 0.889. The Morgan fingerprint density at radius 1 is 1.18 bits per heavy atom. The average Bonchev–Trinajstić information content (AvgIpc) is 2.06. The number of amides is 1. The van der Waals surface area contributed by atoms with Crippen LogP contribution in [0.15, 0.2) is 0 Å². The topological polar surface area (TPSA) is 29.1 Å². The van der Waals surface area contributed by atoms with Crippen molar-refractivity contribution in [2.24, 2.45) is 11.8 Å². The number of carbonyl (C=O) groups excluding carboxylic acids is 1. The predicted molar refractivity (Wildman–Crippen MR) is 43.1 cm³/mol. The van der Waals surface area contributed by atoms with E-state index in [-0.39, 0.29) is 0 Å². The maximum atomic E-state index is 11.3. The van der Waals surface area contributed by atoms with Gasteiger partial charge in [0.25, 0.3) is 0 Å². The molecule has 11 heavy (non-hydrogen) atoms. The first-order valence-corrected chi connectivity index (χ1v) is 4.65. The largest absolute Gasteiger partial charge is 0.356 e. The monoisotopic (exact) mass is 153 g/mol. The van der Waals surface area contributed by atoms with Crippen LogP contribution in [0.25, 0.3) is 0 Å². The van der Waals surface area contributed by atoms with E-state index in [1.807, 2.05) is 0 Å². The van der Waals surface area contributed by atoms with Crippen LogP contribution in [0.2, 0.25) is 0 Å². The molecule has 2 rings (SSSR count). The quantitative estimate of drug-likeness (QED) is 0.558. The van der Waals surface area contributed by atoms with Gasteiger partial charge in [0, 0.05) is 12.5 Å². The Morgan fingerprint density at radius 2 is 2.00 bits per heavy atom. The number of rotatable bonds is 0. The SMILES string of the molecule is O=C1NCC[C@@H]2CCCC[C@H]12. The minimum Gasteiger partial charge on any atom is -0.356 e. The Labute approximate surface area is 67.4 Å². The fourth-order valence-corrected chi connectivity index (χ4v) is 2.41. The summed E-state index contributed by atoms with van der Waals surface area (Å²) >= 11 is 0. The number of piperidine rings is 1. The van der Waals surface area contributed by atoms with Gasteiger partial charge in [-0.1, -0.05) is 12.8 Å². The van der Waals surface area contributed by atoms with Crippen molar-refractivity contribution < 1.29 is 4.79 Å². The Balaban J connectivity index is 2.05. The van der Waals surface area contributed by atoms with E-state index in [0.717, 1.165) is 18.9 Å². The summed E-state index contributed by atoms with van der Waals surface area (Å²) in [6.07, 6.45) is 6.24. The molecule has 62 valence electrons. The molecule has 2 atom stereocenters. The van der Waals surface area contributed by atoms with Gasteiger partial charge in [0.05, 0.1) is 0 Å². The fourth-order valence-electron chi connectivity index (χ4n) is 2.41. The van der Waals surface area contributed by atoms with Gasteiger partial charge in [-0.15, -0.1) is 0 Å². The normalized spacial score (nSPS) is 37.6. The van der Waals surface area contributed by atoms with Crippen molar-refractivity contribution in [1.29, 1.82) is 0 Å². The molecule has 1 saturated heterocycles. The van der Waals surface area contributed by atoms with Crippen molar-refractivity contribution in [1.82, 2.24) is 5.32 Å². The summed E-state index contributed by atoms with van der Waals surface area (Å²) in [6.45, 7) is 0.917. The third kappa shape index (κ3) is 1.26. The molecular weight excluding hydrogens is 138 g/mol. The highest BCUT2D eigenvalue weighted by molar-refractivity contribution is 5.79.